The molecule has 1 aliphatic rings. The van der Waals surface area contributed by atoms with Gasteiger partial charge in [-0.1, -0.05) is 12.1 Å². The van der Waals surface area contributed by atoms with Crippen molar-refractivity contribution in [2.75, 3.05) is 20.1 Å². The highest BCUT2D eigenvalue weighted by molar-refractivity contribution is 5.79. The van der Waals surface area contributed by atoms with Gasteiger partial charge in [0.1, 0.15) is 5.75 Å². The average Bonchev–Trinajstić information content (AvgIpc) is 2.58. The van der Waals surface area contributed by atoms with Gasteiger partial charge in [0.2, 0.25) is 0 Å². The molecule has 2 rings (SSSR count). The predicted octanol–water partition coefficient (Wildman–Crippen LogP) is 2.83. The molecule has 0 saturated carbocycles. The topological polar surface area (TPSA) is 48.9 Å². The third-order valence-electron chi connectivity index (χ3n) is 4.41. The Hall–Kier alpha value is -1.89. The maximum atomic E-state index is 12.3. The van der Waals surface area contributed by atoms with Crippen molar-refractivity contribution >= 4 is 5.96 Å². The van der Waals surface area contributed by atoms with Crippen LogP contribution >= 0.6 is 0 Å². The first-order valence-electron chi connectivity index (χ1n) is 8.73. The third kappa shape index (κ3) is 6.49. The van der Waals surface area contributed by atoms with Crippen molar-refractivity contribution in [3.8, 4) is 5.75 Å². The fraction of sp³-hybridized carbons (Fsp3) is 0.611. The summed E-state index contributed by atoms with van der Waals surface area (Å²) in [5.41, 5.74) is 0.857. The van der Waals surface area contributed by atoms with E-state index in [4.69, 9.17) is 0 Å². The van der Waals surface area contributed by atoms with Gasteiger partial charge in [0, 0.05) is 38.8 Å². The van der Waals surface area contributed by atoms with Gasteiger partial charge in [-0.05, 0) is 44.4 Å². The second-order valence-corrected chi connectivity index (χ2v) is 6.50. The zero-order valence-electron chi connectivity index (χ0n) is 15.1. The molecular weight excluding hydrogens is 326 g/mol. The van der Waals surface area contributed by atoms with Gasteiger partial charge in [-0.3, -0.25) is 4.99 Å². The lowest BCUT2D eigenvalue weighted by Gasteiger charge is -2.35. The van der Waals surface area contributed by atoms with E-state index in [0.29, 0.717) is 18.6 Å². The molecule has 1 heterocycles. The molecule has 1 saturated heterocycles. The van der Waals surface area contributed by atoms with E-state index in [9.17, 15) is 8.78 Å². The summed E-state index contributed by atoms with van der Waals surface area (Å²) in [5.74, 6) is 0.890. The number of alkyl halides is 2. The van der Waals surface area contributed by atoms with Crippen molar-refractivity contribution in [1.29, 1.82) is 0 Å². The first-order chi connectivity index (χ1) is 12.0. The zero-order chi connectivity index (χ0) is 18.2. The highest BCUT2D eigenvalue weighted by atomic mass is 19.3. The van der Waals surface area contributed by atoms with E-state index < -0.39 is 6.61 Å². The molecule has 0 radical (unpaired) electrons. The van der Waals surface area contributed by atoms with Gasteiger partial charge in [0.15, 0.2) is 5.96 Å². The second kappa shape index (κ2) is 9.56. The van der Waals surface area contributed by atoms with E-state index in [1.807, 2.05) is 6.07 Å². The average molecular weight is 354 g/mol. The first-order valence-corrected chi connectivity index (χ1v) is 8.73. The van der Waals surface area contributed by atoms with Crippen LogP contribution in [0.1, 0.15) is 32.3 Å². The van der Waals surface area contributed by atoms with Crippen LogP contribution in [0.5, 0.6) is 5.75 Å². The smallest absolute Gasteiger partial charge is 0.387 e. The Morgan fingerprint density at radius 2 is 2.04 bits per heavy atom. The minimum absolute atomic E-state index is 0.165. The van der Waals surface area contributed by atoms with Crippen molar-refractivity contribution in [2.24, 2.45) is 4.99 Å². The largest absolute Gasteiger partial charge is 0.435 e. The van der Waals surface area contributed by atoms with Crippen LogP contribution in [0.2, 0.25) is 0 Å². The maximum absolute atomic E-state index is 12.3. The fourth-order valence-electron chi connectivity index (χ4n) is 2.97. The molecule has 1 aliphatic heterocycles. The number of guanidine groups is 1. The van der Waals surface area contributed by atoms with Crippen LogP contribution in [0, 0.1) is 0 Å². The van der Waals surface area contributed by atoms with Crippen LogP contribution in [-0.4, -0.2) is 49.7 Å². The van der Waals surface area contributed by atoms with E-state index >= 15 is 0 Å². The lowest BCUT2D eigenvalue weighted by Crippen LogP contribution is -2.49. The monoisotopic (exact) mass is 354 g/mol. The van der Waals surface area contributed by atoms with E-state index in [-0.39, 0.29) is 5.75 Å². The van der Waals surface area contributed by atoms with Gasteiger partial charge in [-0.25, -0.2) is 0 Å². The summed E-state index contributed by atoms with van der Waals surface area (Å²) in [5, 5.41) is 6.67. The standard InChI is InChI=1S/C18H28F2N4O/c1-13(2)24-9-7-15(8-10-24)23-18(21-3)22-12-14-5-4-6-16(11-14)25-17(19)20/h4-6,11,13,15,17H,7-10,12H2,1-3H3,(H2,21,22,23). The van der Waals surface area contributed by atoms with Crippen LogP contribution in [0.25, 0.3) is 0 Å². The van der Waals surface area contributed by atoms with E-state index in [0.717, 1.165) is 37.5 Å². The second-order valence-electron chi connectivity index (χ2n) is 6.50. The molecule has 1 aromatic carbocycles. The Labute approximate surface area is 148 Å². The Kier molecular flexibility index (Phi) is 7.43. The van der Waals surface area contributed by atoms with Crippen molar-refractivity contribution < 1.29 is 13.5 Å². The zero-order valence-corrected chi connectivity index (χ0v) is 15.1. The summed E-state index contributed by atoms with van der Waals surface area (Å²) < 4.78 is 29.0. The maximum Gasteiger partial charge on any atom is 0.387 e. The summed E-state index contributed by atoms with van der Waals surface area (Å²) in [4.78, 5) is 6.73. The van der Waals surface area contributed by atoms with Crippen LogP contribution in [0.3, 0.4) is 0 Å². The van der Waals surface area contributed by atoms with Gasteiger partial charge in [0.25, 0.3) is 0 Å². The van der Waals surface area contributed by atoms with E-state index in [1.165, 1.54) is 6.07 Å². The van der Waals surface area contributed by atoms with Gasteiger partial charge in [-0.15, -0.1) is 0 Å². The quantitative estimate of drug-likeness (QED) is 0.609. The lowest BCUT2D eigenvalue weighted by molar-refractivity contribution is -0.0498. The molecule has 25 heavy (non-hydrogen) atoms. The molecule has 1 aromatic rings. The molecule has 0 spiro atoms. The van der Waals surface area contributed by atoms with Crippen molar-refractivity contribution in [2.45, 2.75) is 51.9 Å². The molecule has 0 aromatic heterocycles. The van der Waals surface area contributed by atoms with Gasteiger partial charge < -0.3 is 20.3 Å². The van der Waals surface area contributed by atoms with Crippen LogP contribution < -0.4 is 15.4 Å². The number of rotatable bonds is 6. The summed E-state index contributed by atoms with van der Waals surface area (Å²) >= 11 is 0. The van der Waals surface area contributed by atoms with E-state index in [2.05, 4.69) is 39.1 Å². The summed E-state index contributed by atoms with van der Waals surface area (Å²) in [6.45, 7) is 4.29. The predicted molar refractivity (Wildman–Crippen MR) is 96.1 cm³/mol. The number of nitrogens with one attached hydrogen (secondary N) is 2. The number of piperidine rings is 1. The Morgan fingerprint density at radius 1 is 1.32 bits per heavy atom. The summed E-state index contributed by atoms with van der Waals surface area (Å²) in [6, 6.07) is 7.67. The molecule has 0 aliphatic carbocycles. The SMILES string of the molecule is CN=C(NCc1cccc(OC(F)F)c1)NC1CCN(C(C)C)CC1. The molecule has 5 nitrogen and oxygen atoms in total. The fourth-order valence-corrected chi connectivity index (χ4v) is 2.97. The van der Waals surface area contributed by atoms with Crippen LogP contribution in [-0.2, 0) is 6.54 Å². The Balaban J connectivity index is 1.81. The highest BCUT2D eigenvalue weighted by Crippen LogP contribution is 2.16. The number of benzene rings is 1. The van der Waals surface area contributed by atoms with Crippen molar-refractivity contribution in [3.63, 3.8) is 0 Å². The molecule has 2 N–H and O–H groups in total. The van der Waals surface area contributed by atoms with E-state index in [1.54, 1.807) is 19.2 Å². The van der Waals surface area contributed by atoms with Gasteiger partial charge >= 0.3 is 6.61 Å². The van der Waals surface area contributed by atoms with Gasteiger partial charge in [0.05, 0.1) is 0 Å². The van der Waals surface area contributed by atoms with Crippen molar-refractivity contribution in [3.05, 3.63) is 29.8 Å². The van der Waals surface area contributed by atoms with Crippen molar-refractivity contribution in [1.82, 2.24) is 15.5 Å². The first kappa shape index (κ1) is 19.4. The third-order valence-corrected chi connectivity index (χ3v) is 4.41. The molecule has 0 amide bonds. The van der Waals surface area contributed by atoms with Crippen LogP contribution in [0.15, 0.2) is 29.3 Å². The minimum Gasteiger partial charge on any atom is -0.435 e. The number of ether oxygens (including phenoxy) is 1. The Bertz CT molecular complexity index is 558. The summed E-state index contributed by atoms with van der Waals surface area (Å²) in [6.07, 6.45) is 2.16. The summed E-state index contributed by atoms with van der Waals surface area (Å²) in [7, 11) is 1.73. The number of hydrogen-bond donors (Lipinski definition) is 2. The minimum atomic E-state index is -2.81. The number of halogens is 2. The Morgan fingerprint density at radius 3 is 2.64 bits per heavy atom. The molecule has 1 fully saturated rings. The highest BCUT2D eigenvalue weighted by Gasteiger charge is 2.21. The molecular formula is C18H28F2N4O. The normalized spacial score (nSPS) is 17.2. The van der Waals surface area contributed by atoms with Gasteiger partial charge in [-0.2, -0.15) is 8.78 Å². The number of aliphatic imine (C=N–C) groups is 1. The van der Waals surface area contributed by atoms with Crippen LogP contribution in [0.4, 0.5) is 8.78 Å². The lowest BCUT2D eigenvalue weighted by atomic mass is 10.0. The number of likely N-dealkylation sites (tertiary alicyclic amines) is 1. The molecule has 0 bridgehead atoms. The molecule has 140 valence electrons. The molecule has 7 heteroatoms. The number of nitrogens with zero attached hydrogens (tertiary/aromatic N) is 2. The molecule has 0 atom stereocenters. The molecule has 0 unspecified atom stereocenters. The number of hydrogen-bond acceptors (Lipinski definition) is 3.